The van der Waals surface area contributed by atoms with Gasteiger partial charge < -0.3 is 10.1 Å². The molecule has 0 radical (unpaired) electrons. The monoisotopic (exact) mass is 211 g/mol. The quantitative estimate of drug-likeness (QED) is 0.665. The summed E-state index contributed by atoms with van der Waals surface area (Å²) in [5, 5.41) is 3.61. The lowest BCUT2D eigenvalue weighted by atomic mass is 9.69. The van der Waals surface area contributed by atoms with Crippen LogP contribution in [0.3, 0.4) is 0 Å². The third-order valence-electron chi connectivity index (χ3n) is 4.17. The van der Waals surface area contributed by atoms with Gasteiger partial charge in [0.25, 0.3) is 0 Å². The molecule has 2 heteroatoms. The molecule has 1 saturated carbocycles. The van der Waals surface area contributed by atoms with Gasteiger partial charge in [-0.1, -0.05) is 13.8 Å². The summed E-state index contributed by atoms with van der Waals surface area (Å²) in [7, 11) is 0. The molecule has 0 aromatic heterocycles. The minimum absolute atomic E-state index is 0.133. The second kappa shape index (κ2) is 3.74. The summed E-state index contributed by atoms with van der Waals surface area (Å²) in [6.07, 6.45) is 5.47. The zero-order valence-electron chi connectivity index (χ0n) is 10.6. The Bertz CT molecular complexity index is 239. The van der Waals surface area contributed by atoms with Crippen molar-refractivity contribution in [1.82, 2.24) is 5.32 Å². The Morgan fingerprint density at radius 1 is 1.20 bits per heavy atom. The lowest BCUT2D eigenvalue weighted by Crippen LogP contribution is -2.59. The van der Waals surface area contributed by atoms with E-state index in [9.17, 15) is 0 Å². The number of hydrogen-bond donors (Lipinski definition) is 1. The summed E-state index contributed by atoms with van der Waals surface area (Å²) in [5.74, 6) is 0. The van der Waals surface area contributed by atoms with Crippen LogP contribution in [-0.4, -0.2) is 24.3 Å². The third-order valence-corrected chi connectivity index (χ3v) is 4.17. The van der Waals surface area contributed by atoms with Crippen LogP contribution < -0.4 is 5.32 Å². The predicted octanol–water partition coefficient (Wildman–Crippen LogP) is 2.72. The third kappa shape index (κ3) is 2.36. The Labute approximate surface area is 93.8 Å². The summed E-state index contributed by atoms with van der Waals surface area (Å²) in [6.45, 7) is 10.2. The van der Waals surface area contributed by atoms with Gasteiger partial charge in [-0.05, 0) is 44.9 Å². The van der Waals surface area contributed by atoms with E-state index in [0.717, 1.165) is 6.54 Å². The Morgan fingerprint density at radius 3 is 2.53 bits per heavy atom. The van der Waals surface area contributed by atoms with E-state index in [1.54, 1.807) is 0 Å². The molecule has 1 aliphatic heterocycles. The fourth-order valence-electron chi connectivity index (χ4n) is 3.24. The molecule has 3 unspecified atom stereocenters. The van der Waals surface area contributed by atoms with E-state index < -0.39 is 0 Å². The summed E-state index contributed by atoms with van der Waals surface area (Å²) in [4.78, 5) is 0. The van der Waals surface area contributed by atoms with Gasteiger partial charge in [0.05, 0.1) is 11.7 Å². The molecular formula is C13H25NO. The van der Waals surface area contributed by atoms with Gasteiger partial charge in [-0.15, -0.1) is 0 Å². The molecule has 1 spiro atoms. The fourth-order valence-corrected chi connectivity index (χ4v) is 3.24. The predicted molar refractivity (Wildman–Crippen MR) is 63.0 cm³/mol. The first-order valence-electron chi connectivity index (χ1n) is 6.34. The molecule has 3 atom stereocenters. The highest BCUT2D eigenvalue weighted by Gasteiger charge is 2.44. The van der Waals surface area contributed by atoms with Crippen LogP contribution in [0.1, 0.15) is 53.4 Å². The standard InChI is InChI=1S/C13H25NO/c1-10-11(2)15-13(9-14-10)7-5-6-12(3,4)8-13/h10-11,14H,5-9H2,1-4H3. The Morgan fingerprint density at radius 2 is 1.93 bits per heavy atom. The van der Waals surface area contributed by atoms with Crippen molar-refractivity contribution in [3.63, 3.8) is 0 Å². The van der Waals surface area contributed by atoms with E-state index in [4.69, 9.17) is 4.74 Å². The van der Waals surface area contributed by atoms with Crippen LogP contribution >= 0.6 is 0 Å². The van der Waals surface area contributed by atoms with Crippen LogP contribution in [-0.2, 0) is 4.74 Å². The largest absolute Gasteiger partial charge is 0.369 e. The fraction of sp³-hybridized carbons (Fsp3) is 1.00. The van der Waals surface area contributed by atoms with Crippen molar-refractivity contribution in [1.29, 1.82) is 0 Å². The molecule has 0 amide bonds. The van der Waals surface area contributed by atoms with Crippen LogP contribution in [0.2, 0.25) is 0 Å². The van der Waals surface area contributed by atoms with E-state index in [0.29, 0.717) is 17.6 Å². The first kappa shape index (κ1) is 11.4. The molecule has 1 N–H and O–H groups in total. The van der Waals surface area contributed by atoms with Gasteiger partial charge in [0.15, 0.2) is 0 Å². The summed E-state index contributed by atoms with van der Waals surface area (Å²) < 4.78 is 6.30. The molecule has 2 aliphatic rings. The van der Waals surface area contributed by atoms with E-state index in [1.165, 1.54) is 25.7 Å². The Hall–Kier alpha value is -0.0800. The molecule has 0 aromatic rings. The maximum atomic E-state index is 6.30. The molecule has 0 bridgehead atoms. The minimum atomic E-state index is 0.133. The average molecular weight is 211 g/mol. The van der Waals surface area contributed by atoms with Gasteiger partial charge in [-0.3, -0.25) is 0 Å². The molecule has 15 heavy (non-hydrogen) atoms. The van der Waals surface area contributed by atoms with Crippen molar-refractivity contribution in [2.45, 2.75) is 71.1 Å². The lowest BCUT2D eigenvalue weighted by Gasteiger charge is -2.50. The van der Waals surface area contributed by atoms with Crippen molar-refractivity contribution in [2.24, 2.45) is 5.41 Å². The maximum absolute atomic E-state index is 6.30. The molecular weight excluding hydrogens is 186 g/mol. The van der Waals surface area contributed by atoms with Gasteiger partial charge in [-0.2, -0.15) is 0 Å². The molecule has 0 aromatic carbocycles. The SMILES string of the molecule is CC1NCC2(CCCC(C)(C)C2)OC1C. The van der Waals surface area contributed by atoms with Gasteiger partial charge in [-0.25, -0.2) is 0 Å². The van der Waals surface area contributed by atoms with Gasteiger partial charge in [0.1, 0.15) is 0 Å². The minimum Gasteiger partial charge on any atom is -0.369 e. The van der Waals surface area contributed by atoms with Crippen LogP contribution in [0.15, 0.2) is 0 Å². The van der Waals surface area contributed by atoms with Crippen molar-refractivity contribution >= 4 is 0 Å². The second-order valence-electron chi connectivity index (χ2n) is 6.37. The highest BCUT2D eigenvalue weighted by molar-refractivity contribution is 4.97. The topological polar surface area (TPSA) is 21.3 Å². The first-order valence-corrected chi connectivity index (χ1v) is 6.34. The normalized spacial score (nSPS) is 45.6. The number of hydrogen-bond acceptors (Lipinski definition) is 2. The van der Waals surface area contributed by atoms with E-state index >= 15 is 0 Å². The van der Waals surface area contributed by atoms with Crippen molar-refractivity contribution in [3.05, 3.63) is 0 Å². The highest BCUT2D eigenvalue weighted by atomic mass is 16.5. The Balaban J connectivity index is 2.07. The molecule has 88 valence electrons. The number of rotatable bonds is 0. The second-order valence-corrected chi connectivity index (χ2v) is 6.37. The smallest absolute Gasteiger partial charge is 0.0815 e. The van der Waals surface area contributed by atoms with E-state index in [1.807, 2.05) is 0 Å². The zero-order chi connectivity index (χ0) is 11.1. The lowest BCUT2D eigenvalue weighted by molar-refractivity contribution is -0.159. The summed E-state index contributed by atoms with van der Waals surface area (Å²) >= 11 is 0. The van der Waals surface area contributed by atoms with E-state index in [-0.39, 0.29) is 5.60 Å². The maximum Gasteiger partial charge on any atom is 0.0815 e. The average Bonchev–Trinajstić information content (AvgIpc) is 2.10. The van der Waals surface area contributed by atoms with Crippen LogP contribution in [0.4, 0.5) is 0 Å². The molecule has 1 saturated heterocycles. The van der Waals surface area contributed by atoms with Crippen molar-refractivity contribution in [3.8, 4) is 0 Å². The molecule has 2 rings (SSSR count). The molecule has 1 heterocycles. The van der Waals surface area contributed by atoms with Crippen molar-refractivity contribution in [2.75, 3.05) is 6.54 Å². The van der Waals surface area contributed by atoms with Crippen LogP contribution in [0, 0.1) is 5.41 Å². The van der Waals surface area contributed by atoms with Crippen LogP contribution in [0.25, 0.3) is 0 Å². The van der Waals surface area contributed by atoms with Gasteiger partial charge in [0.2, 0.25) is 0 Å². The Kier molecular flexibility index (Phi) is 2.85. The summed E-state index contributed by atoms with van der Waals surface area (Å²) in [6, 6.07) is 0.501. The summed E-state index contributed by atoms with van der Waals surface area (Å²) in [5.41, 5.74) is 0.591. The van der Waals surface area contributed by atoms with Gasteiger partial charge >= 0.3 is 0 Å². The number of nitrogens with one attached hydrogen (secondary N) is 1. The number of ether oxygens (including phenoxy) is 1. The van der Waals surface area contributed by atoms with Gasteiger partial charge in [0, 0.05) is 12.6 Å². The highest BCUT2D eigenvalue weighted by Crippen LogP contribution is 2.44. The van der Waals surface area contributed by atoms with E-state index in [2.05, 4.69) is 33.0 Å². The van der Waals surface area contributed by atoms with Crippen molar-refractivity contribution < 1.29 is 4.74 Å². The molecule has 2 nitrogen and oxygen atoms in total. The molecule has 2 fully saturated rings. The zero-order valence-corrected chi connectivity index (χ0v) is 10.6. The molecule has 1 aliphatic carbocycles. The number of morpholine rings is 1. The van der Waals surface area contributed by atoms with Crippen LogP contribution in [0.5, 0.6) is 0 Å². The first-order chi connectivity index (χ1) is 6.93.